The molecule has 1 fully saturated rings. The molecule has 1 amide bonds. The van der Waals surface area contributed by atoms with Crippen LogP contribution in [0.5, 0.6) is 0 Å². The van der Waals surface area contributed by atoms with Gasteiger partial charge in [-0.15, -0.1) is 0 Å². The number of piperidine rings is 1. The third-order valence-corrected chi connectivity index (χ3v) is 4.89. The molecule has 2 aromatic heterocycles. The first-order valence-electron chi connectivity index (χ1n) is 8.68. The zero-order valence-corrected chi connectivity index (χ0v) is 15.3. The Labute approximate surface area is 156 Å². The molecule has 1 aliphatic rings. The van der Waals surface area contributed by atoms with Crippen molar-refractivity contribution in [2.75, 3.05) is 18.0 Å². The number of rotatable bonds is 3. The monoisotopic (exact) mass is 369 g/mol. The molecule has 1 N–H and O–H groups in total. The number of imidazole rings is 1. The lowest BCUT2D eigenvalue weighted by molar-refractivity contribution is 0.0928. The molecule has 0 aliphatic carbocycles. The number of carbonyl (C=O) groups is 1. The molecule has 7 heteroatoms. The van der Waals surface area contributed by atoms with Gasteiger partial charge >= 0.3 is 0 Å². The standard InChI is InChI=1S/C19H20ClN5O/c1-24-11-17(21-12-24)19(26)22-15-3-2-8-25(10-15)18-7-4-13-9-14(20)5-6-16(13)23-18/h4-7,9,11-12,15H,2-3,8,10H2,1H3,(H,22,26). The highest BCUT2D eigenvalue weighted by Crippen LogP contribution is 2.23. The zero-order valence-electron chi connectivity index (χ0n) is 14.5. The molecule has 0 radical (unpaired) electrons. The molecular weight excluding hydrogens is 350 g/mol. The van der Waals surface area contributed by atoms with Gasteiger partial charge in [0.2, 0.25) is 0 Å². The van der Waals surface area contributed by atoms with Gasteiger partial charge in [0.15, 0.2) is 0 Å². The molecule has 134 valence electrons. The number of anilines is 1. The number of aromatic nitrogens is 3. The molecule has 3 aromatic rings. The van der Waals surface area contributed by atoms with Gasteiger partial charge in [0.25, 0.3) is 5.91 Å². The fraction of sp³-hybridized carbons (Fsp3) is 0.316. The number of hydrogen-bond donors (Lipinski definition) is 1. The predicted octanol–water partition coefficient (Wildman–Crippen LogP) is 3.02. The molecule has 1 aromatic carbocycles. The first-order chi connectivity index (χ1) is 12.6. The summed E-state index contributed by atoms with van der Waals surface area (Å²) in [5, 5.41) is 4.83. The molecule has 3 heterocycles. The summed E-state index contributed by atoms with van der Waals surface area (Å²) >= 11 is 6.04. The Morgan fingerprint density at radius 1 is 1.31 bits per heavy atom. The van der Waals surface area contributed by atoms with Gasteiger partial charge in [-0.05, 0) is 43.2 Å². The summed E-state index contributed by atoms with van der Waals surface area (Å²) in [6, 6.07) is 9.85. The van der Waals surface area contributed by atoms with Crippen LogP contribution in [-0.2, 0) is 7.05 Å². The van der Waals surface area contributed by atoms with E-state index in [2.05, 4.69) is 15.2 Å². The van der Waals surface area contributed by atoms with Gasteiger partial charge in [-0.1, -0.05) is 11.6 Å². The van der Waals surface area contributed by atoms with Crippen LogP contribution in [0.4, 0.5) is 5.82 Å². The van der Waals surface area contributed by atoms with Gasteiger partial charge in [-0.3, -0.25) is 4.79 Å². The molecular formula is C19H20ClN5O. The number of nitrogens with one attached hydrogen (secondary N) is 1. The number of hydrogen-bond acceptors (Lipinski definition) is 4. The maximum absolute atomic E-state index is 12.3. The van der Waals surface area contributed by atoms with E-state index in [1.807, 2.05) is 37.4 Å². The Morgan fingerprint density at radius 2 is 2.19 bits per heavy atom. The summed E-state index contributed by atoms with van der Waals surface area (Å²) in [5.41, 5.74) is 1.37. The van der Waals surface area contributed by atoms with Gasteiger partial charge in [0, 0.05) is 42.8 Å². The number of benzene rings is 1. The van der Waals surface area contributed by atoms with Crippen molar-refractivity contribution in [2.24, 2.45) is 7.05 Å². The van der Waals surface area contributed by atoms with Crippen LogP contribution >= 0.6 is 11.6 Å². The third-order valence-electron chi connectivity index (χ3n) is 4.65. The van der Waals surface area contributed by atoms with E-state index in [4.69, 9.17) is 16.6 Å². The Balaban J connectivity index is 1.48. The molecule has 0 spiro atoms. The smallest absolute Gasteiger partial charge is 0.271 e. The summed E-state index contributed by atoms with van der Waals surface area (Å²) in [4.78, 5) is 23.4. The number of carbonyl (C=O) groups excluding carboxylic acids is 1. The van der Waals surface area contributed by atoms with Crippen LogP contribution in [0.25, 0.3) is 10.9 Å². The van der Waals surface area contributed by atoms with Crippen LogP contribution in [0.1, 0.15) is 23.3 Å². The Morgan fingerprint density at radius 3 is 3.00 bits per heavy atom. The lowest BCUT2D eigenvalue weighted by Crippen LogP contribution is -2.48. The van der Waals surface area contributed by atoms with Crippen LogP contribution in [-0.4, -0.2) is 39.6 Å². The van der Waals surface area contributed by atoms with Crippen molar-refractivity contribution in [3.05, 3.63) is 53.6 Å². The van der Waals surface area contributed by atoms with Crippen molar-refractivity contribution in [2.45, 2.75) is 18.9 Å². The van der Waals surface area contributed by atoms with Crippen LogP contribution in [0.2, 0.25) is 5.02 Å². The lowest BCUT2D eigenvalue weighted by Gasteiger charge is -2.34. The zero-order chi connectivity index (χ0) is 18.1. The first kappa shape index (κ1) is 16.8. The van der Waals surface area contributed by atoms with Gasteiger partial charge < -0.3 is 14.8 Å². The second kappa shape index (κ2) is 6.96. The molecule has 0 bridgehead atoms. The Kier molecular flexibility index (Phi) is 4.51. The van der Waals surface area contributed by atoms with Gasteiger partial charge in [-0.2, -0.15) is 0 Å². The second-order valence-corrected chi connectivity index (χ2v) is 7.13. The van der Waals surface area contributed by atoms with Crippen molar-refractivity contribution in [1.82, 2.24) is 19.9 Å². The minimum atomic E-state index is -0.126. The number of amides is 1. The van der Waals surface area contributed by atoms with E-state index in [1.54, 1.807) is 17.1 Å². The number of nitrogens with zero attached hydrogens (tertiary/aromatic N) is 4. The van der Waals surface area contributed by atoms with Crippen LogP contribution < -0.4 is 10.2 Å². The van der Waals surface area contributed by atoms with Crippen molar-refractivity contribution in [3.63, 3.8) is 0 Å². The maximum Gasteiger partial charge on any atom is 0.271 e. The fourth-order valence-corrected chi connectivity index (χ4v) is 3.53. The van der Waals surface area contributed by atoms with Crippen LogP contribution in [0.15, 0.2) is 42.9 Å². The Hall–Kier alpha value is -2.60. The molecule has 1 saturated heterocycles. The first-order valence-corrected chi connectivity index (χ1v) is 9.06. The van der Waals surface area contributed by atoms with Gasteiger partial charge in [0.1, 0.15) is 11.5 Å². The number of pyridine rings is 1. The largest absolute Gasteiger partial charge is 0.355 e. The highest BCUT2D eigenvalue weighted by Gasteiger charge is 2.23. The minimum absolute atomic E-state index is 0.0842. The van der Waals surface area contributed by atoms with E-state index in [-0.39, 0.29) is 11.9 Å². The molecule has 1 unspecified atom stereocenters. The molecule has 0 saturated carbocycles. The topological polar surface area (TPSA) is 63.1 Å². The number of aryl methyl sites for hydroxylation is 1. The summed E-state index contributed by atoms with van der Waals surface area (Å²) in [6.07, 6.45) is 5.32. The van der Waals surface area contributed by atoms with Gasteiger partial charge in [-0.25, -0.2) is 9.97 Å². The van der Waals surface area contributed by atoms with Crippen molar-refractivity contribution in [3.8, 4) is 0 Å². The normalized spacial score (nSPS) is 17.5. The van der Waals surface area contributed by atoms with E-state index in [0.29, 0.717) is 10.7 Å². The van der Waals surface area contributed by atoms with E-state index in [0.717, 1.165) is 42.7 Å². The Bertz CT molecular complexity index is 954. The molecule has 1 atom stereocenters. The van der Waals surface area contributed by atoms with E-state index >= 15 is 0 Å². The third kappa shape index (κ3) is 3.51. The summed E-state index contributed by atoms with van der Waals surface area (Å²) < 4.78 is 1.77. The average molecular weight is 370 g/mol. The quantitative estimate of drug-likeness (QED) is 0.770. The minimum Gasteiger partial charge on any atom is -0.355 e. The number of halogens is 1. The van der Waals surface area contributed by atoms with Crippen LogP contribution in [0, 0.1) is 0 Å². The van der Waals surface area contributed by atoms with Crippen molar-refractivity contribution < 1.29 is 4.79 Å². The maximum atomic E-state index is 12.3. The van der Waals surface area contributed by atoms with E-state index in [9.17, 15) is 4.79 Å². The second-order valence-electron chi connectivity index (χ2n) is 6.69. The predicted molar refractivity (Wildman–Crippen MR) is 103 cm³/mol. The highest BCUT2D eigenvalue weighted by molar-refractivity contribution is 6.31. The van der Waals surface area contributed by atoms with E-state index in [1.165, 1.54) is 0 Å². The molecule has 4 rings (SSSR count). The fourth-order valence-electron chi connectivity index (χ4n) is 3.35. The summed E-state index contributed by atoms with van der Waals surface area (Å²) in [5.74, 6) is 0.801. The van der Waals surface area contributed by atoms with Crippen LogP contribution in [0.3, 0.4) is 0 Å². The van der Waals surface area contributed by atoms with Crippen molar-refractivity contribution >= 4 is 34.2 Å². The lowest BCUT2D eigenvalue weighted by atomic mass is 10.1. The summed E-state index contributed by atoms with van der Waals surface area (Å²) in [6.45, 7) is 1.67. The van der Waals surface area contributed by atoms with Gasteiger partial charge in [0.05, 0.1) is 11.8 Å². The summed E-state index contributed by atoms with van der Waals surface area (Å²) in [7, 11) is 1.85. The van der Waals surface area contributed by atoms with E-state index < -0.39 is 0 Å². The average Bonchev–Trinajstić information content (AvgIpc) is 3.08. The molecule has 6 nitrogen and oxygen atoms in total. The molecule has 1 aliphatic heterocycles. The van der Waals surface area contributed by atoms with Crippen molar-refractivity contribution in [1.29, 1.82) is 0 Å². The SMILES string of the molecule is Cn1cnc(C(=O)NC2CCCN(c3ccc4cc(Cl)ccc4n3)C2)c1. The molecule has 26 heavy (non-hydrogen) atoms. The number of fused-ring (bicyclic) bond motifs is 1. The highest BCUT2D eigenvalue weighted by atomic mass is 35.5.